The molecule has 0 radical (unpaired) electrons. The maximum atomic E-state index is 11.9. The molecule has 2 aromatic rings. The van der Waals surface area contributed by atoms with Gasteiger partial charge in [-0.1, -0.05) is 24.3 Å². The normalized spacial score (nSPS) is 9.95. The number of ketones is 2. The highest BCUT2D eigenvalue weighted by Gasteiger charge is 2.11. The summed E-state index contributed by atoms with van der Waals surface area (Å²) in [7, 11) is 0. The van der Waals surface area contributed by atoms with E-state index in [4.69, 9.17) is 11.0 Å². The molecule has 0 heterocycles. The second-order valence-electron chi connectivity index (χ2n) is 5.16. The fourth-order valence-corrected chi connectivity index (χ4v) is 2.13. The van der Waals surface area contributed by atoms with E-state index >= 15 is 0 Å². The molecule has 0 aliphatic heterocycles. The van der Waals surface area contributed by atoms with Crippen LogP contribution in [0.1, 0.15) is 23.1 Å². The summed E-state index contributed by atoms with van der Waals surface area (Å²) in [4.78, 5) is 23.8. The molecule has 110 valence electrons. The summed E-state index contributed by atoms with van der Waals surface area (Å²) >= 11 is 0. The van der Waals surface area contributed by atoms with Crippen molar-refractivity contribution in [3.05, 3.63) is 65.2 Å². The predicted octanol–water partition coefficient (Wildman–Crippen LogP) is 2.45. The van der Waals surface area contributed by atoms with Gasteiger partial charge >= 0.3 is 0 Å². The van der Waals surface area contributed by atoms with E-state index in [-0.39, 0.29) is 30.8 Å². The molecule has 0 fully saturated rings. The molecule has 2 N–H and O–H groups in total. The van der Waals surface area contributed by atoms with E-state index in [0.717, 1.165) is 11.1 Å². The van der Waals surface area contributed by atoms with Crippen LogP contribution in [0.25, 0.3) is 0 Å². The molecule has 0 unspecified atom stereocenters. The molecule has 0 spiro atoms. The summed E-state index contributed by atoms with van der Waals surface area (Å²) in [5.41, 5.74) is 8.45. The molecule has 0 amide bonds. The lowest BCUT2D eigenvalue weighted by molar-refractivity contribution is -0.126. The molecule has 2 aromatic carbocycles. The van der Waals surface area contributed by atoms with Crippen LogP contribution >= 0.6 is 0 Å². The highest BCUT2D eigenvalue weighted by Crippen LogP contribution is 2.09. The number of hydrogen-bond donors (Lipinski definition) is 1. The van der Waals surface area contributed by atoms with E-state index in [1.54, 1.807) is 48.5 Å². The number of Topliss-reactive ketones (excluding diaryl/α,β-unsaturated/α-hetero) is 2. The Morgan fingerprint density at radius 1 is 0.864 bits per heavy atom. The van der Waals surface area contributed by atoms with E-state index in [1.165, 1.54) is 0 Å². The molecular formula is C18H16N2O2. The number of benzene rings is 2. The first-order valence-electron chi connectivity index (χ1n) is 6.93. The van der Waals surface area contributed by atoms with Gasteiger partial charge in [-0.3, -0.25) is 9.59 Å². The Hall–Kier alpha value is -2.93. The molecule has 0 atom stereocenters. The number of hydrogen-bond acceptors (Lipinski definition) is 4. The Morgan fingerprint density at radius 2 is 1.32 bits per heavy atom. The monoisotopic (exact) mass is 292 g/mol. The van der Waals surface area contributed by atoms with Crippen LogP contribution < -0.4 is 5.73 Å². The summed E-state index contributed by atoms with van der Waals surface area (Å²) in [6.45, 7) is 0. The summed E-state index contributed by atoms with van der Waals surface area (Å²) in [5, 5.41) is 8.72. The summed E-state index contributed by atoms with van der Waals surface area (Å²) in [5.74, 6) is -0.228. The van der Waals surface area contributed by atoms with E-state index in [9.17, 15) is 9.59 Å². The van der Waals surface area contributed by atoms with Crippen LogP contribution in [0.5, 0.6) is 0 Å². The van der Waals surface area contributed by atoms with Gasteiger partial charge in [0, 0.05) is 18.5 Å². The lowest BCUT2D eigenvalue weighted by atomic mass is 10.0. The second-order valence-corrected chi connectivity index (χ2v) is 5.16. The molecule has 0 aliphatic carbocycles. The average molecular weight is 292 g/mol. The van der Waals surface area contributed by atoms with E-state index in [0.29, 0.717) is 11.3 Å². The predicted molar refractivity (Wildman–Crippen MR) is 84.1 cm³/mol. The van der Waals surface area contributed by atoms with Gasteiger partial charge in [0.25, 0.3) is 0 Å². The van der Waals surface area contributed by atoms with Gasteiger partial charge in [-0.2, -0.15) is 5.26 Å². The highest BCUT2D eigenvalue weighted by molar-refractivity contribution is 6.00. The number of anilines is 1. The van der Waals surface area contributed by atoms with Gasteiger partial charge in [-0.15, -0.1) is 0 Å². The van der Waals surface area contributed by atoms with Crippen molar-refractivity contribution >= 4 is 17.3 Å². The Balaban J connectivity index is 1.86. The van der Waals surface area contributed by atoms with Gasteiger partial charge in [0.05, 0.1) is 18.1 Å². The number of rotatable bonds is 6. The minimum absolute atomic E-state index is 0.0790. The molecule has 0 bridgehead atoms. The van der Waals surface area contributed by atoms with E-state index in [1.807, 2.05) is 6.07 Å². The number of nitrogen functional groups attached to an aromatic ring is 1. The van der Waals surface area contributed by atoms with Gasteiger partial charge in [0.1, 0.15) is 11.6 Å². The Labute approximate surface area is 129 Å². The molecule has 4 nitrogen and oxygen atoms in total. The highest BCUT2D eigenvalue weighted by atomic mass is 16.1. The zero-order chi connectivity index (χ0) is 15.9. The quantitative estimate of drug-likeness (QED) is 0.654. The van der Waals surface area contributed by atoms with Crippen LogP contribution in [-0.4, -0.2) is 11.6 Å². The fourth-order valence-electron chi connectivity index (χ4n) is 2.13. The van der Waals surface area contributed by atoms with Crippen molar-refractivity contribution in [2.45, 2.75) is 19.3 Å². The van der Waals surface area contributed by atoms with Crippen molar-refractivity contribution in [2.24, 2.45) is 0 Å². The minimum Gasteiger partial charge on any atom is -0.399 e. The molecule has 0 saturated carbocycles. The topological polar surface area (TPSA) is 84.0 Å². The van der Waals surface area contributed by atoms with Crippen molar-refractivity contribution in [1.82, 2.24) is 0 Å². The van der Waals surface area contributed by atoms with Crippen LogP contribution in [0.4, 0.5) is 5.69 Å². The van der Waals surface area contributed by atoms with Gasteiger partial charge < -0.3 is 5.73 Å². The largest absolute Gasteiger partial charge is 0.399 e. The van der Waals surface area contributed by atoms with Crippen molar-refractivity contribution in [1.29, 1.82) is 5.26 Å². The number of carbonyl (C=O) groups excluding carboxylic acids is 2. The van der Waals surface area contributed by atoms with Gasteiger partial charge in [-0.25, -0.2) is 0 Å². The summed E-state index contributed by atoms with van der Waals surface area (Å²) in [6, 6.07) is 15.9. The van der Waals surface area contributed by atoms with Crippen LogP contribution in [0, 0.1) is 11.3 Å². The molecule has 4 heteroatoms. The second kappa shape index (κ2) is 7.19. The standard InChI is InChI=1S/C18H16N2O2/c19-12-15-3-1-13(2-4-15)9-17(21)11-18(22)10-14-5-7-16(20)8-6-14/h1-8H,9-11,20H2. The average Bonchev–Trinajstić information content (AvgIpc) is 2.50. The third kappa shape index (κ3) is 4.57. The smallest absolute Gasteiger partial charge is 0.144 e. The fraction of sp³-hybridized carbons (Fsp3) is 0.167. The van der Waals surface area contributed by atoms with Crippen molar-refractivity contribution in [2.75, 3.05) is 5.73 Å². The van der Waals surface area contributed by atoms with Crippen LogP contribution in [0.15, 0.2) is 48.5 Å². The van der Waals surface area contributed by atoms with Gasteiger partial charge in [0.2, 0.25) is 0 Å². The maximum Gasteiger partial charge on any atom is 0.144 e. The van der Waals surface area contributed by atoms with Crippen molar-refractivity contribution in [3.8, 4) is 6.07 Å². The third-order valence-corrected chi connectivity index (χ3v) is 3.26. The molecular weight excluding hydrogens is 276 g/mol. The SMILES string of the molecule is N#Cc1ccc(CC(=O)CC(=O)Cc2ccc(N)cc2)cc1. The van der Waals surface area contributed by atoms with Gasteiger partial charge in [-0.05, 0) is 35.4 Å². The maximum absolute atomic E-state index is 11.9. The van der Waals surface area contributed by atoms with Crippen LogP contribution in [0.3, 0.4) is 0 Å². The Morgan fingerprint density at radius 3 is 1.77 bits per heavy atom. The lowest BCUT2D eigenvalue weighted by Crippen LogP contribution is -2.12. The number of carbonyl (C=O) groups is 2. The number of nitrogens with zero attached hydrogens (tertiary/aromatic N) is 1. The molecule has 0 saturated heterocycles. The number of nitriles is 1. The number of nitrogens with two attached hydrogens (primary N) is 1. The zero-order valence-electron chi connectivity index (χ0n) is 12.1. The zero-order valence-corrected chi connectivity index (χ0v) is 12.1. The summed E-state index contributed by atoms with van der Waals surface area (Å²) in [6.07, 6.45) is 0.364. The Bertz CT molecular complexity index is 710. The molecule has 22 heavy (non-hydrogen) atoms. The minimum atomic E-state index is -0.120. The first-order chi connectivity index (χ1) is 10.6. The van der Waals surface area contributed by atoms with E-state index < -0.39 is 0 Å². The molecule has 0 aromatic heterocycles. The lowest BCUT2D eigenvalue weighted by Gasteiger charge is -2.03. The van der Waals surface area contributed by atoms with Gasteiger partial charge in [0.15, 0.2) is 0 Å². The third-order valence-electron chi connectivity index (χ3n) is 3.26. The van der Waals surface area contributed by atoms with Crippen LogP contribution in [0.2, 0.25) is 0 Å². The first kappa shape index (κ1) is 15.5. The van der Waals surface area contributed by atoms with E-state index in [2.05, 4.69) is 0 Å². The summed E-state index contributed by atoms with van der Waals surface area (Å²) < 4.78 is 0. The van der Waals surface area contributed by atoms with Crippen molar-refractivity contribution < 1.29 is 9.59 Å². The molecule has 0 aliphatic rings. The molecule has 2 rings (SSSR count). The van der Waals surface area contributed by atoms with Crippen molar-refractivity contribution in [3.63, 3.8) is 0 Å². The van der Waals surface area contributed by atoms with Crippen LogP contribution in [-0.2, 0) is 22.4 Å². The first-order valence-corrected chi connectivity index (χ1v) is 6.93. The Kier molecular flexibility index (Phi) is 5.05.